The number of nitrogens with zero attached hydrogens (tertiary/aromatic N) is 2. The fourth-order valence-electron chi connectivity index (χ4n) is 4.37. The molecule has 0 atom stereocenters. The van der Waals surface area contributed by atoms with Crippen molar-refractivity contribution in [2.45, 2.75) is 25.3 Å². The number of rotatable bonds is 8. The van der Waals surface area contributed by atoms with Crippen molar-refractivity contribution in [1.29, 1.82) is 0 Å². The molecule has 1 amide bonds. The minimum atomic E-state index is -0.515. The average Bonchev–Trinajstić information content (AvgIpc) is 2.84. The van der Waals surface area contributed by atoms with E-state index in [9.17, 15) is 9.18 Å². The molecule has 4 rings (SSSR count). The number of hydrogen-bond donors (Lipinski definition) is 2. The number of morpholine rings is 1. The highest BCUT2D eigenvalue weighted by Crippen LogP contribution is 2.22. The van der Waals surface area contributed by atoms with E-state index in [0.717, 1.165) is 71.0 Å². The summed E-state index contributed by atoms with van der Waals surface area (Å²) in [5, 5.41) is 6.49. The molecule has 0 saturated carbocycles. The number of amides is 1. The number of ether oxygens (including phenoxy) is 1. The minimum Gasteiger partial charge on any atom is -0.379 e. The van der Waals surface area contributed by atoms with Gasteiger partial charge in [0.15, 0.2) is 0 Å². The van der Waals surface area contributed by atoms with E-state index in [4.69, 9.17) is 4.74 Å². The van der Waals surface area contributed by atoms with Crippen molar-refractivity contribution in [1.82, 2.24) is 10.2 Å². The molecule has 7 heteroatoms. The van der Waals surface area contributed by atoms with Crippen LogP contribution in [0, 0.1) is 5.82 Å². The first kappa shape index (κ1) is 22.7. The van der Waals surface area contributed by atoms with E-state index in [1.807, 2.05) is 24.3 Å². The van der Waals surface area contributed by atoms with Crippen molar-refractivity contribution >= 4 is 17.3 Å². The van der Waals surface area contributed by atoms with Gasteiger partial charge in [-0.2, -0.15) is 0 Å². The molecule has 2 fully saturated rings. The van der Waals surface area contributed by atoms with E-state index in [-0.39, 0.29) is 5.56 Å². The summed E-state index contributed by atoms with van der Waals surface area (Å²) < 4.78 is 19.2. The Morgan fingerprint density at radius 2 is 1.72 bits per heavy atom. The fraction of sp³-hybridized carbons (Fsp3) is 0.480. The Morgan fingerprint density at radius 3 is 2.44 bits per heavy atom. The molecular formula is C25H33FN4O2. The van der Waals surface area contributed by atoms with E-state index in [0.29, 0.717) is 11.7 Å². The summed E-state index contributed by atoms with van der Waals surface area (Å²) in [4.78, 5) is 17.1. The van der Waals surface area contributed by atoms with Crippen molar-refractivity contribution in [3.63, 3.8) is 0 Å². The molecule has 0 spiro atoms. The van der Waals surface area contributed by atoms with E-state index in [2.05, 4.69) is 20.4 Å². The van der Waals surface area contributed by atoms with Crippen molar-refractivity contribution < 1.29 is 13.9 Å². The van der Waals surface area contributed by atoms with Crippen LogP contribution in [0.3, 0.4) is 0 Å². The minimum absolute atomic E-state index is 0.0519. The Kier molecular flexibility index (Phi) is 8.09. The van der Waals surface area contributed by atoms with Crippen LogP contribution in [0.5, 0.6) is 0 Å². The van der Waals surface area contributed by atoms with Gasteiger partial charge < -0.3 is 20.3 Å². The summed E-state index contributed by atoms with van der Waals surface area (Å²) in [5.74, 6) is -0.949. The number of nitrogens with one attached hydrogen (secondary N) is 2. The highest BCUT2D eigenvalue weighted by atomic mass is 19.1. The van der Waals surface area contributed by atoms with Gasteiger partial charge in [0.2, 0.25) is 0 Å². The third-order valence-corrected chi connectivity index (χ3v) is 6.29. The number of anilines is 2. The average molecular weight is 441 g/mol. The first-order valence-corrected chi connectivity index (χ1v) is 11.6. The molecule has 0 bridgehead atoms. The Bertz CT molecular complexity index is 863. The van der Waals surface area contributed by atoms with Crippen molar-refractivity contribution in [3.05, 3.63) is 59.9 Å². The summed E-state index contributed by atoms with van der Waals surface area (Å²) in [6, 6.07) is 14.4. The lowest BCUT2D eigenvalue weighted by Gasteiger charge is -2.34. The second-order valence-corrected chi connectivity index (χ2v) is 8.50. The van der Waals surface area contributed by atoms with Crippen LogP contribution in [0.15, 0.2) is 48.5 Å². The standard InChI is InChI=1S/C25H33FN4O2/c26-24-5-2-1-4-23(24)25(31)28-21-6-8-22(9-7-21)30-14-10-20(11-15-30)27-12-3-13-29-16-18-32-19-17-29/h1-2,4-9,20,27H,3,10-19H2,(H,28,31). The van der Waals surface area contributed by atoms with Gasteiger partial charge >= 0.3 is 0 Å². The molecular weight excluding hydrogens is 407 g/mol. The van der Waals surface area contributed by atoms with Gasteiger partial charge in [-0.3, -0.25) is 9.69 Å². The number of halogens is 1. The lowest BCUT2D eigenvalue weighted by molar-refractivity contribution is 0.0373. The van der Waals surface area contributed by atoms with Crippen LogP contribution >= 0.6 is 0 Å². The summed E-state index contributed by atoms with van der Waals surface area (Å²) >= 11 is 0. The Labute approximate surface area is 189 Å². The van der Waals surface area contributed by atoms with Gasteiger partial charge in [-0.05, 0) is 68.8 Å². The maximum atomic E-state index is 13.8. The molecule has 172 valence electrons. The molecule has 2 aliphatic heterocycles. The van der Waals surface area contributed by atoms with Crippen molar-refractivity contribution in [2.24, 2.45) is 0 Å². The summed E-state index contributed by atoms with van der Waals surface area (Å²) in [6.07, 6.45) is 3.44. The summed E-state index contributed by atoms with van der Waals surface area (Å²) in [6.45, 7) is 8.10. The molecule has 2 aliphatic rings. The zero-order valence-corrected chi connectivity index (χ0v) is 18.6. The van der Waals surface area contributed by atoms with E-state index in [1.54, 1.807) is 12.1 Å². The molecule has 0 radical (unpaired) electrons. The predicted octanol–water partition coefficient (Wildman–Crippen LogP) is 3.36. The maximum Gasteiger partial charge on any atom is 0.258 e. The quantitative estimate of drug-likeness (QED) is 0.617. The highest BCUT2D eigenvalue weighted by molar-refractivity contribution is 6.04. The number of carbonyl (C=O) groups excluding carboxylic acids is 1. The maximum absolute atomic E-state index is 13.8. The SMILES string of the molecule is O=C(Nc1ccc(N2CCC(NCCCN3CCOCC3)CC2)cc1)c1ccccc1F. The molecule has 0 unspecified atom stereocenters. The van der Waals surface area contributed by atoms with Crippen LogP contribution < -0.4 is 15.5 Å². The topological polar surface area (TPSA) is 56.8 Å². The van der Waals surface area contributed by atoms with Gasteiger partial charge in [0.25, 0.3) is 5.91 Å². The molecule has 32 heavy (non-hydrogen) atoms. The summed E-state index contributed by atoms with van der Waals surface area (Å²) in [5.41, 5.74) is 1.87. The van der Waals surface area contributed by atoms with Gasteiger partial charge in [-0.25, -0.2) is 4.39 Å². The third-order valence-electron chi connectivity index (χ3n) is 6.29. The molecule has 2 saturated heterocycles. The van der Waals surface area contributed by atoms with Crippen LogP contribution in [0.2, 0.25) is 0 Å². The second kappa shape index (κ2) is 11.4. The third kappa shape index (κ3) is 6.28. The molecule has 2 heterocycles. The number of hydrogen-bond acceptors (Lipinski definition) is 5. The Hall–Kier alpha value is -2.48. The van der Waals surface area contributed by atoms with Crippen molar-refractivity contribution in [2.75, 3.05) is 62.7 Å². The normalized spacial score (nSPS) is 18.0. The van der Waals surface area contributed by atoms with Crippen molar-refractivity contribution in [3.8, 4) is 0 Å². The number of carbonyl (C=O) groups is 1. The zero-order valence-electron chi connectivity index (χ0n) is 18.6. The predicted molar refractivity (Wildman–Crippen MR) is 126 cm³/mol. The monoisotopic (exact) mass is 440 g/mol. The number of benzene rings is 2. The van der Waals surface area contributed by atoms with E-state index in [1.165, 1.54) is 18.6 Å². The molecule has 2 N–H and O–H groups in total. The van der Waals surface area contributed by atoms with Crippen LogP contribution in [0.4, 0.5) is 15.8 Å². The van der Waals surface area contributed by atoms with Gasteiger partial charge in [-0.1, -0.05) is 12.1 Å². The zero-order chi connectivity index (χ0) is 22.2. The lowest BCUT2D eigenvalue weighted by atomic mass is 10.0. The Balaban J connectivity index is 1.18. The first-order valence-electron chi connectivity index (χ1n) is 11.6. The summed E-state index contributed by atoms with van der Waals surface area (Å²) in [7, 11) is 0. The Morgan fingerprint density at radius 1 is 1.00 bits per heavy atom. The molecule has 2 aromatic rings. The molecule has 2 aromatic carbocycles. The number of piperidine rings is 1. The van der Waals surface area contributed by atoms with Gasteiger partial charge in [0.1, 0.15) is 5.82 Å². The van der Waals surface area contributed by atoms with Gasteiger partial charge in [0, 0.05) is 43.6 Å². The van der Waals surface area contributed by atoms with Crippen LogP contribution in [-0.4, -0.2) is 69.3 Å². The van der Waals surface area contributed by atoms with E-state index < -0.39 is 11.7 Å². The highest BCUT2D eigenvalue weighted by Gasteiger charge is 2.19. The largest absolute Gasteiger partial charge is 0.379 e. The van der Waals surface area contributed by atoms with E-state index >= 15 is 0 Å². The molecule has 0 aliphatic carbocycles. The smallest absolute Gasteiger partial charge is 0.258 e. The van der Waals surface area contributed by atoms with Gasteiger partial charge in [-0.15, -0.1) is 0 Å². The lowest BCUT2D eigenvalue weighted by Crippen LogP contribution is -2.43. The van der Waals surface area contributed by atoms with Crippen LogP contribution in [-0.2, 0) is 4.74 Å². The van der Waals surface area contributed by atoms with Crippen LogP contribution in [0.25, 0.3) is 0 Å². The first-order chi connectivity index (χ1) is 15.7. The van der Waals surface area contributed by atoms with Gasteiger partial charge in [0.05, 0.1) is 18.8 Å². The molecule has 6 nitrogen and oxygen atoms in total. The fourth-order valence-corrected chi connectivity index (χ4v) is 4.37. The molecule has 0 aromatic heterocycles. The van der Waals surface area contributed by atoms with Crippen LogP contribution in [0.1, 0.15) is 29.6 Å². The second-order valence-electron chi connectivity index (χ2n) is 8.50.